The second-order valence-electron chi connectivity index (χ2n) is 7.19. The molecule has 1 aliphatic heterocycles. The molecule has 3 aromatic rings. The van der Waals surface area contributed by atoms with Crippen molar-refractivity contribution in [3.05, 3.63) is 53.2 Å². The molecule has 4 rings (SSSR count). The Balaban J connectivity index is 1.70. The molecule has 0 atom stereocenters. The van der Waals surface area contributed by atoms with Gasteiger partial charge in [-0.05, 0) is 38.1 Å². The Bertz CT molecular complexity index is 1020. The van der Waals surface area contributed by atoms with Crippen LogP contribution in [-0.2, 0) is 0 Å². The molecule has 2 aromatic heterocycles. The highest BCUT2D eigenvalue weighted by Gasteiger charge is 2.25. The van der Waals surface area contributed by atoms with Crippen molar-refractivity contribution < 1.29 is 9.18 Å². The first-order valence-electron chi connectivity index (χ1n) is 9.62. The Labute approximate surface area is 163 Å². The highest BCUT2D eigenvalue weighted by atomic mass is 19.1. The second kappa shape index (κ2) is 7.31. The first-order chi connectivity index (χ1) is 13.5. The normalized spacial score (nSPS) is 15.4. The molecule has 1 aromatic carbocycles. The summed E-state index contributed by atoms with van der Waals surface area (Å²) in [5, 5.41) is 4.61. The molecular formula is C21H24FN5O. The zero-order valence-electron chi connectivity index (χ0n) is 16.4. The van der Waals surface area contributed by atoms with Crippen molar-refractivity contribution in [2.45, 2.75) is 20.8 Å². The number of amides is 1. The van der Waals surface area contributed by atoms with Crippen LogP contribution in [0.5, 0.6) is 0 Å². The molecule has 0 unspecified atom stereocenters. The number of carbonyl (C=O) groups is 1. The van der Waals surface area contributed by atoms with Gasteiger partial charge in [-0.3, -0.25) is 4.79 Å². The third-order valence-corrected chi connectivity index (χ3v) is 5.53. The summed E-state index contributed by atoms with van der Waals surface area (Å²) in [6.45, 7) is 10.2. The van der Waals surface area contributed by atoms with Gasteiger partial charge in [-0.1, -0.05) is 19.1 Å². The van der Waals surface area contributed by atoms with Gasteiger partial charge in [-0.15, -0.1) is 0 Å². The number of aromatic nitrogens is 3. The number of benzene rings is 1. The quantitative estimate of drug-likeness (QED) is 0.700. The molecular weight excluding hydrogens is 357 g/mol. The number of likely N-dealkylation sites (N-methyl/N-ethyl adjacent to an activating group) is 1. The van der Waals surface area contributed by atoms with Gasteiger partial charge in [-0.25, -0.2) is 13.9 Å². The van der Waals surface area contributed by atoms with Gasteiger partial charge in [0.1, 0.15) is 5.82 Å². The largest absolute Gasteiger partial charge is 0.336 e. The van der Waals surface area contributed by atoms with Gasteiger partial charge in [0, 0.05) is 37.9 Å². The van der Waals surface area contributed by atoms with Crippen LogP contribution in [0.2, 0.25) is 0 Å². The first kappa shape index (κ1) is 18.6. The number of hydrogen-bond acceptors (Lipinski definition) is 4. The van der Waals surface area contributed by atoms with Crippen LogP contribution in [0.3, 0.4) is 0 Å². The molecule has 7 heteroatoms. The molecule has 0 N–H and O–H groups in total. The van der Waals surface area contributed by atoms with Crippen LogP contribution in [0.1, 0.15) is 28.7 Å². The maximum atomic E-state index is 13.3. The van der Waals surface area contributed by atoms with Crippen molar-refractivity contribution in [2.24, 2.45) is 0 Å². The van der Waals surface area contributed by atoms with Gasteiger partial charge < -0.3 is 9.80 Å². The Morgan fingerprint density at radius 3 is 2.43 bits per heavy atom. The average Bonchev–Trinajstić information content (AvgIpc) is 3.05. The summed E-state index contributed by atoms with van der Waals surface area (Å²) in [6.07, 6.45) is 1.65. The fourth-order valence-electron chi connectivity index (χ4n) is 3.80. The van der Waals surface area contributed by atoms with E-state index in [0.29, 0.717) is 11.2 Å². The SMILES string of the molecule is CCN1CCN(C(=O)c2cnc3c(-c4ccc(F)cc4)c(C)nn3c2C)CC1. The molecule has 0 spiro atoms. The van der Waals surface area contributed by atoms with E-state index in [0.717, 1.165) is 55.2 Å². The van der Waals surface area contributed by atoms with E-state index in [4.69, 9.17) is 0 Å². The molecule has 0 saturated carbocycles. The van der Waals surface area contributed by atoms with Crippen LogP contribution in [0.15, 0.2) is 30.5 Å². The topological polar surface area (TPSA) is 53.7 Å². The van der Waals surface area contributed by atoms with Gasteiger partial charge in [0.25, 0.3) is 5.91 Å². The molecule has 28 heavy (non-hydrogen) atoms. The Hall–Kier alpha value is -2.80. The van der Waals surface area contributed by atoms with Crippen molar-refractivity contribution in [2.75, 3.05) is 32.7 Å². The number of aryl methyl sites for hydroxylation is 2. The van der Waals surface area contributed by atoms with E-state index in [1.807, 2.05) is 18.7 Å². The number of carbonyl (C=O) groups excluding carboxylic acids is 1. The molecule has 0 bridgehead atoms. The third-order valence-electron chi connectivity index (χ3n) is 5.53. The van der Waals surface area contributed by atoms with Crippen LogP contribution in [0, 0.1) is 19.7 Å². The van der Waals surface area contributed by atoms with E-state index in [2.05, 4.69) is 21.9 Å². The lowest BCUT2D eigenvalue weighted by Gasteiger charge is -2.34. The van der Waals surface area contributed by atoms with Crippen molar-refractivity contribution in [3.8, 4) is 11.1 Å². The molecule has 1 saturated heterocycles. The molecule has 146 valence electrons. The minimum Gasteiger partial charge on any atom is -0.336 e. The van der Waals surface area contributed by atoms with Gasteiger partial charge in [0.15, 0.2) is 5.65 Å². The molecule has 6 nitrogen and oxygen atoms in total. The standard InChI is InChI=1S/C21H24FN5O/c1-4-25-9-11-26(12-10-25)21(28)18-13-23-20-19(14(2)24-27(20)15(18)3)16-5-7-17(22)8-6-16/h5-8,13H,4,9-12H2,1-3H3. The highest BCUT2D eigenvalue weighted by molar-refractivity contribution is 5.95. The summed E-state index contributed by atoms with van der Waals surface area (Å²) in [5.41, 5.74) is 4.53. The van der Waals surface area contributed by atoms with Crippen molar-refractivity contribution in [1.29, 1.82) is 0 Å². The number of piperazine rings is 1. The predicted octanol–water partition coefficient (Wildman–Crippen LogP) is 2.93. The molecule has 3 heterocycles. The van der Waals surface area contributed by atoms with Gasteiger partial charge in [0.2, 0.25) is 0 Å². The van der Waals surface area contributed by atoms with Crippen molar-refractivity contribution >= 4 is 11.6 Å². The molecule has 1 amide bonds. The summed E-state index contributed by atoms with van der Waals surface area (Å²) in [5.74, 6) is -0.280. The summed E-state index contributed by atoms with van der Waals surface area (Å²) >= 11 is 0. The van der Waals surface area contributed by atoms with Gasteiger partial charge >= 0.3 is 0 Å². The fraction of sp³-hybridized carbons (Fsp3) is 0.381. The maximum absolute atomic E-state index is 13.3. The van der Waals surface area contributed by atoms with Crippen LogP contribution >= 0.6 is 0 Å². The van der Waals surface area contributed by atoms with E-state index in [1.54, 1.807) is 22.8 Å². The van der Waals surface area contributed by atoms with Gasteiger partial charge in [-0.2, -0.15) is 5.10 Å². The average molecular weight is 381 g/mol. The van der Waals surface area contributed by atoms with Gasteiger partial charge in [0.05, 0.1) is 17.0 Å². The van der Waals surface area contributed by atoms with E-state index in [-0.39, 0.29) is 11.7 Å². The van der Waals surface area contributed by atoms with Crippen LogP contribution in [0.4, 0.5) is 4.39 Å². The molecule has 0 aliphatic carbocycles. The Kier molecular flexibility index (Phi) is 4.85. The third kappa shape index (κ3) is 3.16. The summed E-state index contributed by atoms with van der Waals surface area (Å²) < 4.78 is 15.0. The van der Waals surface area contributed by atoms with E-state index < -0.39 is 0 Å². The van der Waals surface area contributed by atoms with Crippen molar-refractivity contribution in [1.82, 2.24) is 24.4 Å². The second-order valence-corrected chi connectivity index (χ2v) is 7.19. The van der Waals surface area contributed by atoms with E-state index in [1.165, 1.54) is 12.1 Å². The lowest BCUT2D eigenvalue weighted by atomic mass is 10.1. The van der Waals surface area contributed by atoms with E-state index in [9.17, 15) is 9.18 Å². The highest BCUT2D eigenvalue weighted by Crippen LogP contribution is 2.28. The number of fused-ring (bicyclic) bond motifs is 1. The molecule has 1 aliphatic rings. The van der Waals surface area contributed by atoms with Crippen LogP contribution in [0.25, 0.3) is 16.8 Å². The maximum Gasteiger partial charge on any atom is 0.257 e. The molecule has 0 radical (unpaired) electrons. The first-order valence-corrected chi connectivity index (χ1v) is 9.62. The fourth-order valence-corrected chi connectivity index (χ4v) is 3.80. The number of rotatable bonds is 3. The van der Waals surface area contributed by atoms with Crippen molar-refractivity contribution in [3.63, 3.8) is 0 Å². The van der Waals surface area contributed by atoms with Crippen LogP contribution < -0.4 is 0 Å². The molecule has 1 fully saturated rings. The number of nitrogens with zero attached hydrogens (tertiary/aromatic N) is 5. The Morgan fingerprint density at radius 1 is 1.11 bits per heavy atom. The summed E-state index contributed by atoms with van der Waals surface area (Å²) in [6, 6.07) is 6.31. The van der Waals surface area contributed by atoms with E-state index >= 15 is 0 Å². The summed E-state index contributed by atoms with van der Waals surface area (Å²) in [7, 11) is 0. The predicted molar refractivity (Wildman–Crippen MR) is 106 cm³/mol. The zero-order valence-corrected chi connectivity index (χ0v) is 16.4. The minimum absolute atomic E-state index is 0.000798. The lowest BCUT2D eigenvalue weighted by Crippen LogP contribution is -2.48. The Morgan fingerprint density at radius 2 is 1.79 bits per heavy atom. The zero-order chi connectivity index (χ0) is 19.8. The lowest BCUT2D eigenvalue weighted by molar-refractivity contribution is 0.0641. The van der Waals surface area contributed by atoms with Crippen LogP contribution in [-0.4, -0.2) is 63.0 Å². The minimum atomic E-state index is -0.280. The number of hydrogen-bond donors (Lipinski definition) is 0. The monoisotopic (exact) mass is 381 g/mol. The number of halogens is 1. The summed E-state index contributed by atoms with van der Waals surface area (Å²) in [4.78, 5) is 21.8. The smallest absolute Gasteiger partial charge is 0.257 e.